The summed E-state index contributed by atoms with van der Waals surface area (Å²) in [6, 6.07) is 6.26. The Morgan fingerprint density at radius 1 is 1.37 bits per heavy atom. The quantitative estimate of drug-likeness (QED) is 0.579. The maximum absolute atomic E-state index is 14.4. The Kier molecular flexibility index (Phi) is 5.59. The van der Waals surface area contributed by atoms with Crippen LogP contribution in [0.2, 0.25) is 5.02 Å². The van der Waals surface area contributed by atoms with E-state index >= 15 is 0 Å². The van der Waals surface area contributed by atoms with Crippen molar-refractivity contribution in [2.45, 2.75) is 13.5 Å². The van der Waals surface area contributed by atoms with Crippen molar-refractivity contribution in [2.75, 3.05) is 13.1 Å². The van der Waals surface area contributed by atoms with Gasteiger partial charge in [-0.15, -0.1) is 5.10 Å². The molecule has 0 N–H and O–H groups in total. The van der Waals surface area contributed by atoms with Gasteiger partial charge in [-0.05, 0) is 45.7 Å². The van der Waals surface area contributed by atoms with E-state index in [-0.39, 0.29) is 18.3 Å². The third-order valence-electron chi connectivity index (χ3n) is 4.84. The van der Waals surface area contributed by atoms with E-state index in [2.05, 4.69) is 33.6 Å². The van der Waals surface area contributed by atoms with Crippen LogP contribution >= 0.6 is 11.6 Å². The topological polar surface area (TPSA) is 92.8 Å². The molecule has 10 heteroatoms. The van der Waals surface area contributed by atoms with E-state index in [1.54, 1.807) is 17.2 Å². The van der Waals surface area contributed by atoms with Gasteiger partial charge < -0.3 is 9.64 Å². The smallest absolute Gasteiger partial charge is 0.179 e. The largest absolute Gasteiger partial charge is 0.484 e. The van der Waals surface area contributed by atoms with Crippen LogP contribution in [-0.4, -0.2) is 43.2 Å². The Morgan fingerprint density at radius 2 is 2.23 bits per heavy atom. The fourth-order valence-corrected chi connectivity index (χ4v) is 3.52. The zero-order chi connectivity index (χ0) is 21.1. The fourth-order valence-electron chi connectivity index (χ4n) is 3.30. The van der Waals surface area contributed by atoms with Gasteiger partial charge in [0.1, 0.15) is 12.9 Å². The second kappa shape index (κ2) is 8.47. The number of hydrogen-bond donors (Lipinski definition) is 0. The highest BCUT2D eigenvalue weighted by Crippen LogP contribution is 2.30. The van der Waals surface area contributed by atoms with Gasteiger partial charge in [-0.2, -0.15) is 5.26 Å². The molecule has 1 aliphatic rings. The molecule has 30 heavy (non-hydrogen) atoms. The van der Waals surface area contributed by atoms with Gasteiger partial charge in [0.15, 0.2) is 17.8 Å². The molecule has 0 spiro atoms. The van der Waals surface area contributed by atoms with Crippen LogP contribution in [0.1, 0.15) is 18.2 Å². The van der Waals surface area contributed by atoms with Crippen LogP contribution in [0.5, 0.6) is 5.75 Å². The summed E-state index contributed by atoms with van der Waals surface area (Å²) >= 11 is 6.40. The molecule has 1 aromatic carbocycles. The van der Waals surface area contributed by atoms with Crippen molar-refractivity contribution >= 4 is 17.2 Å². The number of nitrogens with zero attached hydrogens (tertiary/aromatic N) is 7. The average molecular weight is 426 g/mol. The first kappa shape index (κ1) is 19.8. The summed E-state index contributed by atoms with van der Waals surface area (Å²) in [7, 11) is 0. The predicted octanol–water partition coefficient (Wildman–Crippen LogP) is 3.24. The van der Waals surface area contributed by atoms with E-state index < -0.39 is 5.82 Å². The summed E-state index contributed by atoms with van der Waals surface area (Å²) in [5.74, 6) is -0.279. The first-order chi connectivity index (χ1) is 14.5. The normalized spacial score (nSPS) is 16.1. The summed E-state index contributed by atoms with van der Waals surface area (Å²) in [4.78, 5) is 6.10. The van der Waals surface area contributed by atoms with Crippen LogP contribution in [0.15, 0.2) is 42.9 Å². The molecule has 4 rings (SSSR count). The van der Waals surface area contributed by atoms with Gasteiger partial charge in [0.05, 0.1) is 16.4 Å². The van der Waals surface area contributed by atoms with Crippen molar-refractivity contribution in [1.82, 2.24) is 30.1 Å². The van der Waals surface area contributed by atoms with Gasteiger partial charge in [-0.1, -0.05) is 24.6 Å². The summed E-state index contributed by atoms with van der Waals surface area (Å²) in [6.45, 7) is 3.31. The molecule has 0 saturated heterocycles. The number of rotatable bonds is 5. The first-order valence-corrected chi connectivity index (χ1v) is 9.58. The van der Waals surface area contributed by atoms with Crippen LogP contribution in [-0.2, 0) is 6.61 Å². The minimum atomic E-state index is -0.543. The highest BCUT2D eigenvalue weighted by atomic mass is 35.5. The minimum absolute atomic E-state index is 0.0249. The molecule has 152 valence electrons. The second-order valence-corrected chi connectivity index (χ2v) is 7.28. The van der Waals surface area contributed by atoms with E-state index in [9.17, 15) is 4.39 Å². The van der Waals surface area contributed by atoms with Gasteiger partial charge in [0.25, 0.3) is 0 Å². The molecular formula is C20H17ClFN7O. The number of hydrogen-bond acceptors (Lipinski definition) is 7. The fraction of sp³-hybridized carbons (Fsp3) is 0.250. The molecule has 0 aliphatic carbocycles. The molecule has 3 aromatic rings. The molecular weight excluding hydrogens is 409 g/mol. The Labute approximate surface area is 177 Å². The summed E-state index contributed by atoms with van der Waals surface area (Å²) in [5, 5.41) is 20.3. The Morgan fingerprint density at radius 3 is 2.90 bits per heavy atom. The number of benzene rings is 1. The molecule has 0 bridgehead atoms. The third kappa shape index (κ3) is 4.09. The monoisotopic (exact) mass is 425 g/mol. The van der Waals surface area contributed by atoms with Crippen LogP contribution in [0.25, 0.3) is 11.3 Å². The Bertz CT molecular complexity index is 1130. The third-order valence-corrected chi connectivity index (χ3v) is 5.17. The van der Waals surface area contributed by atoms with E-state index in [0.29, 0.717) is 29.5 Å². The zero-order valence-corrected chi connectivity index (χ0v) is 16.8. The molecule has 1 unspecified atom stereocenters. The molecule has 8 nitrogen and oxygen atoms in total. The van der Waals surface area contributed by atoms with E-state index in [1.165, 1.54) is 23.1 Å². The van der Waals surface area contributed by atoms with E-state index in [4.69, 9.17) is 21.6 Å². The van der Waals surface area contributed by atoms with Gasteiger partial charge in [-0.3, -0.25) is 4.98 Å². The number of tetrazole rings is 1. The van der Waals surface area contributed by atoms with Crippen molar-refractivity contribution in [1.29, 1.82) is 5.26 Å². The predicted molar refractivity (Wildman–Crippen MR) is 107 cm³/mol. The molecule has 3 heterocycles. The maximum Gasteiger partial charge on any atom is 0.179 e. The number of nitriles is 1. The highest BCUT2D eigenvalue weighted by Gasteiger charge is 2.20. The molecule has 2 aromatic heterocycles. The summed E-state index contributed by atoms with van der Waals surface area (Å²) in [6.07, 6.45) is 7.28. The van der Waals surface area contributed by atoms with Crippen LogP contribution in [0.3, 0.4) is 0 Å². The van der Waals surface area contributed by atoms with Gasteiger partial charge in [0.2, 0.25) is 0 Å². The van der Waals surface area contributed by atoms with Crippen molar-refractivity contribution < 1.29 is 9.13 Å². The van der Waals surface area contributed by atoms with Crippen LogP contribution in [0.4, 0.5) is 4.39 Å². The standard InChI is InChI=1S/C20H17ClFN7O/c1-13-9-28(11-23)5-4-16(13)14-6-17(21)19(24-8-14)10-30-20-3-2-15(7-18(20)22)29-12-25-26-27-29/h2-4,6-8,12-13H,5,9-10H2,1H3. The van der Waals surface area contributed by atoms with Gasteiger partial charge in [-0.25, -0.2) is 9.07 Å². The van der Waals surface area contributed by atoms with Crippen LogP contribution in [0, 0.1) is 23.2 Å². The van der Waals surface area contributed by atoms with Crippen molar-refractivity contribution in [3.63, 3.8) is 0 Å². The van der Waals surface area contributed by atoms with E-state index in [1.807, 2.05) is 12.1 Å². The van der Waals surface area contributed by atoms with Crippen molar-refractivity contribution in [3.05, 3.63) is 65.0 Å². The molecule has 1 atom stereocenters. The first-order valence-electron chi connectivity index (χ1n) is 9.20. The Hall–Kier alpha value is -3.51. The molecule has 1 aliphatic heterocycles. The number of ether oxygens (including phenoxy) is 1. The maximum atomic E-state index is 14.4. The lowest BCUT2D eigenvalue weighted by atomic mass is 9.91. The lowest BCUT2D eigenvalue weighted by molar-refractivity contribution is 0.286. The van der Waals surface area contributed by atoms with Crippen molar-refractivity contribution in [2.24, 2.45) is 5.92 Å². The van der Waals surface area contributed by atoms with E-state index in [0.717, 1.165) is 11.1 Å². The summed E-state index contributed by atoms with van der Waals surface area (Å²) < 4.78 is 21.3. The number of halogens is 2. The number of aromatic nitrogens is 5. The lowest BCUT2D eigenvalue weighted by Crippen LogP contribution is -2.29. The van der Waals surface area contributed by atoms with Gasteiger partial charge in [0, 0.05) is 25.4 Å². The molecule has 0 fully saturated rings. The van der Waals surface area contributed by atoms with Gasteiger partial charge >= 0.3 is 0 Å². The second-order valence-electron chi connectivity index (χ2n) is 6.88. The Balaban J connectivity index is 1.46. The average Bonchev–Trinajstić information content (AvgIpc) is 3.28. The van der Waals surface area contributed by atoms with Crippen molar-refractivity contribution in [3.8, 4) is 17.6 Å². The zero-order valence-electron chi connectivity index (χ0n) is 16.0. The highest BCUT2D eigenvalue weighted by molar-refractivity contribution is 6.31. The number of pyridine rings is 1. The SMILES string of the molecule is CC1CN(C#N)CC=C1c1cnc(COc2ccc(-n3cnnn3)cc2F)c(Cl)c1. The minimum Gasteiger partial charge on any atom is -0.484 e. The lowest BCUT2D eigenvalue weighted by Gasteiger charge is -2.27. The molecule has 0 radical (unpaired) electrons. The molecule has 0 saturated carbocycles. The van der Waals surface area contributed by atoms with Crippen LogP contribution < -0.4 is 4.74 Å². The summed E-state index contributed by atoms with van der Waals surface area (Å²) in [5.41, 5.74) is 3.00. The molecule has 0 amide bonds.